The summed E-state index contributed by atoms with van der Waals surface area (Å²) < 4.78 is 0. The molecule has 0 aromatic heterocycles. The maximum absolute atomic E-state index is 11.7. The molecule has 3 heteroatoms. The molecule has 0 aromatic carbocycles. The van der Waals surface area contributed by atoms with Gasteiger partial charge in [0.05, 0.1) is 0 Å². The van der Waals surface area contributed by atoms with E-state index in [4.69, 9.17) is 0 Å². The Labute approximate surface area is 98.4 Å². The second kappa shape index (κ2) is 4.74. The first-order chi connectivity index (χ1) is 7.58. The van der Waals surface area contributed by atoms with E-state index >= 15 is 0 Å². The molecule has 2 saturated carbocycles. The average molecular weight is 224 g/mol. The van der Waals surface area contributed by atoms with Gasteiger partial charge in [0.2, 0.25) is 5.91 Å². The lowest BCUT2D eigenvalue weighted by Crippen LogP contribution is -2.42. The summed E-state index contributed by atoms with van der Waals surface area (Å²) in [4.78, 5) is 11.7. The third-order valence-electron chi connectivity index (χ3n) is 3.95. The monoisotopic (exact) mass is 224 g/mol. The predicted octanol–water partition coefficient (Wildman–Crippen LogP) is 1.82. The van der Waals surface area contributed by atoms with Gasteiger partial charge in [0.1, 0.15) is 0 Å². The molecule has 2 fully saturated rings. The molecule has 1 amide bonds. The smallest absolute Gasteiger partial charge is 0.221 e. The van der Waals surface area contributed by atoms with Gasteiger partial charge in [0.15, 0.2) is 0 Å². The average Bonchev–Trinajstić information content (AvgIpc) is 2.94. The van der Waals surface area contributed by atoms with Gasteiger partial charge < -0.3 is 10.6 Å². The van der Waals surface area contributed by atoms with E-state index < -0.39 is 0 Å². The standard InChI is InChI=1S/C13H24N2O/c1-13(2)8-3-4-11(13)15-12(16)7-9-14-10-5-6-10/h10-11,14H,3-9H2,1-2H3,(H,15,16). The molecular formula is C13H24N2O. The van der Waals surface area contributed by atoms with Crippen molar-refractivity contribution >= 4 is 5.91 Å². The van der Waals surface area contributed by atoms with Crippen LogP contribution in [0.5, 0.6) is 0 Å². The fourth-order valence-corrected chi connectivity index (χ4v) is 2.54. The molecule has 2 aliphatic carbocycles. The third kappa shape index (κ3) is 3.21. The fourth-order valence-electron chi connectivity index (χ4n) is 2.54. The van der Waals surface area contributed by atoms with E-state index in [0.29, 0.717) is 23.9 Å². The van der Waals surface area contributed by atoms with Gasteiger partial charge in [-0.15, -0.1) is 0 Å². The zero-order valence-electron chi connectivity index (χ0n) is 10.5. The van der Waals surface area contributed by atoms with Crippen LogP contribution in [-0.2, 0) is 4.79 Å². The second-order valence-electron chi connectivity index (χ2n) is 5.98. The van der Waals surface area contributed by atoms with E-state index in [0.717, 1.165) is 13.0 Å². The number of rotatable bonds is 5. The van der Waals surface area contributed by atoms with Gasteiger partial charge in [0, 0.05) is 25.0 Å². The van der Waals surface area contributed by atoms with Crippen LogP contribution in [0.4, 0.5) is 0 Å². The van der Waals surface area contributed by atoms with Gasteiger partial charge in [-0.2, -0.15) is 0 Å². The van der Waals surface area contributed by atoms with Crippen molar-refractivity contribution in [2.45, 2.75) is 64.5 Å². The Bertz CT molecular complexity index is 259. The molecule has 0 heterocycles. The molecule has 0 radical (unpaired) electrons. The Kier molecular flexibility index (Phi) is 3.53. The van der Waals surface area contributed by atoms with Crippen LogP contribution in [-0.4, -0.2) is 24.5 Å². The summed E-state index contributed by atoms with van der Waals surface area (Å²) in [5.41, 5.74) is 0.291. The minimum absolute atomic E-state index is 0.216. The number of carbonyl (C=O) groups excluding carboxylic acids is 1. The molecule has 0 spiro atoms. The van der Waals surface area contributed by atoms with E-state index in [9.17, 15) is 4.79 Å². The summed E-state index contributed by atoms with van der Waals surface area (Å²) in [6.45, 7) is 5.35. The highest BCUT2D eigenvalue weighted by Gasteiger charge is 2.35. The van der Waals surface area contributed by atoms with Crippen LogP contribution in [0.1, 0.15) is 52.4 Å². The Hall–Kier alpha value is -0.570. The largest absolute Gasteiger partial charge is 0.353 e. The van der Waals surface area contributed by atoms with E-state index in [-0.39, 0.29) is 5.91 Å². The normalized spacial score (nSPS) is 28.0. The Morgan fingerprint density at radius 1 is 1.31 bits per heavy atom. The molecule has 0 saturated heterocycles. The van der Waals surface area contributed by atoms with Crippen LogP contribution < -0.4 is 10.6 Å². The molecule has 92 valence electrons. The number of hydrogen-bond acceptors (Lipinski definition) is 2. The van der Waals surface area contributed by atoms with Gasteiger partial charge in [-0.25, -0.2) is 0 Å². The highest BCUT2D eigenvalue weighted by molar-refractivity contribution is 5.76. The lowest BCUT2D eigenvalue weighted by Gasteiger charge is -2.27. The van der Waals surface area contributed by atoms with Gasteiger partial charge in [-0.3, -0.25) is 4.79 Å². The molecule has 2 rings (SSSR count). The molecule has 0 aromatic rings. The maximum Gasteiger partial charge on any atom is 0.221 e. The SMILES string of the molecule is CC1(C)CCCC1NC(=O)CCNC1CC1. The van der Waals surface area contributed by atoms with Gasteiger partial charge in [0.25, 0.3) is 0 Å². The summed E-state index contributed by atoms with van der Waals surface area (Å²) in [7, 11) is 0. The number of nitrogens with one attached hydrogen (secondary N) is 2. The van der Waals surface area contributed by atoms with Crippen molar-refractivity contribution in [3.8, 4) is 0 Å². The predicted molar refractivity (Wildman–Crippen MR) is 65.2 cm³/mol. The molecule has 3 nitrogen and oxygen atoms in total. The topological polar surface area (TPSA) is 41.1 Å². The van der Waals surface area contributed by atoms with Crippen molar-refractivity contribution in [2.75, 3.05) is 6.54 Å². The van der Waals surface area contributed by atoms with E-state index in [1.807, 2.05) is 0 Å². The summed E-state index contributed by atoms with van der Waals surface area (Å²) in [5, 5.41) is 6.56. The van der Waals surface area contributed by atoms with Crippen molar-refractivity contribution in [2.24, 2.45) is 5.41 Å². The zero-order valence-corrected chi connectivity index (χ0v) is 10.5. The first kappa shape index (κ1) is 11.9. The second-order valence-corrected chi connectivity index (χ2v) is 5.98. The van der Waals surface area contributed by atoms with Crippen LogP contribution in [0.3, 0.4) is 0 Å². The van der Waals surface area contributed by atoms with Crippen LogP contribution in [0, 0.1) is 5.41 Å². The molecule has 16 heavy (non-hydrogen) atoms. The van der Waals surface area contributed by atoms with Crippen LogP contribution in [0.15, 0.2) is 0 Å². The Morgan fingerprint density at radius 3 is 2.62 bits per heavy atom. The first-order valence-electron chi connectivity index (χ1n) is 6.61. The maximum atomic E-state index is 11.7. The van der Waals surface area contributed by atoms with Crippen molar-refractivity contribution in [1.82, 2.24) is 10.6 Å². The summed E-state index contributed by atoms with van der Waals surface area (Å²) in [6, 6.07) is 1.09. The molecule has 1 unspecified atom stereocenters. The number of carbonyl (C=O) groups is 1. The van der Waals surface area contributed by atoms with E-state index in [1.54, 1.807) is 0 Å². The van der Waals surface area contributed by atoms with Crippen LogP contribution in [0.2, 0.25) is 0 Å². The molecule has 2 N–H and O–H groups in total. The lowest BCUT2D eigenvalue weighted by molar-refractivity contribution is -0.122. The van der Waals surface area contributed by atoms with Crippen molar-refractivity contribution in [1.29, 1.82) is 0 Å². The Morgan fingerprint density at radius 2 is 2.06 bits per heavy atom. The number of hydrogen-bond donors (Lipinski definition) is 2. The van der Waals surface area contributed by atoms with Crippen molar-refractivity contribution < 1.29 is 4.79 Å². The highest BCUT2D eigenvalue weighted by Crippen LogP contribution is 2.37. The van der Waals surface area contributed by atoms with Crippen molar-refractivity contribution in [3.63, 3.8) is 0 Å². The van der Waals surface area contributed by atoms with Crippen LogP contribution in [0.25, 0.3) is 0 Å². The molecular weight excluding hydrogens is 200 g/mol. The van der Waals surface area contributed by atoms with E-state index in [1.165, 1.54) is 25.7 Å². The van der Waals surface area contributed by atoms with Crippen molar-refractivity contribution in [3.05, 3.63) is 0 Å². The quantitative estimate of drug-likeness (QED) is 0.748. The number of amides is 1. The molecule has 0 bridgehead atoms. The molecule has 0 aliphatic heterocycles. The molecule has 1 atom stereocenters. The third-order valence-corrected chi connectivity index (χ3v) is 3.95. The summed E-state index contributed by atoms with van der Waals surface area (Å²) in [6.07, 6.45) is 6.84. The molecule has 2 aliphatic rings. The van der Waals surface area contributed by atoms with Gasteiger partial charge in [-0.05, 0) is 31.1 Å². The lowest BCUT2D eigenvalue weighted by atomic mass is 9.87. The van der Waals surface area contributed by atoms with Crippen LogP contribution >= 0.6 is 0 Å². The van der Waals surface area contributed by atoms with E-state index in [2.05, 4.69) is 24.5 Å². The Balaban J connectivity index is 1.65. The highest BCUT2D eigenvalue weighted by atomic mass is 16.1. The minimum Gasteiger partial charge on any atom is -0.353 e. The summed E-state index contributed by atoms with van der Waals surface area (Å²) in [5.74, 6) is 0.216. The zero-order chi connectivity index (χ0) is 11.6. The minimum atomic E-state index is 0.216. The fraction of sp³-hybridized carbons (Fsp3) is 0.923. The first-order valence-corrected chi connectivity index (χ1v) is 6.61. The van der Waals surface area contributed by atoms with Gasteiger partial charge in [-0.1, -0.05) is 20.3 Å². The summed E-state index contributed by atoms with van der Waals surface area (Å²) >= 11 is 0. The van der Waals surface area contributed by atoms with Gasteiger partial charge >= 0.3 is 0 Å².